The first-order valence-corrected chi connectivity index (χ1v) is 6.99. The average Bonchev–Trinajstić information content (AvgIpc) is 2.55. The van der Waals surface area contributed by atoms with Gasteiger partial charge < -0.3 is 29.7 Å². The number of methoxy groups -OCH3 is 1. The van der Waals surface area contributed by atoms with E-state index in [1.165, 1.54) is 0 Å². The summed E-state index contributed by atoms with van der Waals surface area (Å²) in [7, 11) is 1.69. The predicted octanol–water partition coefficient (Wildman–Crippen LogP) is 0.474. The van der Waals surface area contributed by atoms with Crippen molar-refractivity contribution < 1.29 is 34.0 Å². The molecule has 0 radical (unpaired) electrons. The molecule has 1 rings (SSSR count). The van der Waals surface area contributed by atoms with Crippen molar-refractivity contribution in [2.24, 2.45) is 0 Å². The van der Waals surface area contributed by atoms with Gasteiger partial charge in [-0.1, -0.05) is 18.2 Å². The van der Waals surface area contributed by atoms with E-state index in [0.29, 0.717) is 19.8 Å². The molecule has 0 saturated carbocycles. The molecule has 0 aliphatic heterocycles. The number of hydrogen-bond acceptors (Lipinski definition) is 6. The van der Waals surface area contributed by atoms with Crippen molar-refractivity contribution in [1.82, 2.24) is 5.32 Å². The van der Waals surface area contributed by atoms with Crippen LogP contribution in [0.15, 0.2) is 30.3 Å². The zero-order valence-corrected chi connectivity index (χ0v) is 13.1. The van der Waals surface area contributed by atoms with Gasteiger partial charge in [0.15, 0.2) is 0 Å². The molecular weight excluding hydrogens is 306 g/mol. The van der Waals surface area contributed by atoms with Gasteiger partial charge >= 0.3 is 11.9 Å². The summed E-state index contributed by atoms with van der Waals surface area (Å²) >= 11 is 0. The van der Waals surface area contributed by atoms with Crippen LogP contribution in [0.5, 0.6) is 5.75 Å². The smallest absolute Gasteiger partial charge is 0.414 e. The molecule has 0 fully saturated rings. The number of carbonyl (C=O) groups is 2. The SMILES string of the molecule is COCCNCCOCCOc1ccccc1.O=C(O)C(=O)O. The molecule has 8 heteroatoms. The Balaban J connectivity index is 0.000000688. The highest BCUT2D eigenvalue weighted by Gasteiger charge is 2.04. The zero-order chi connectivity index (χ0) is 17.3. The van der Waals surface area contributed by atoms with E-state index in [0.717, 1.165) is 25.4 Å². The zero-order valence-electron chi connectivity index (χ0n) is 13.1. The Hall–Kier alpha value is -2.16. The molecule has 0 atom stereocenters. The molecule has 0 bridgehead atoms. The van der Waals surface area contributed by atoms with Crippen molar-refractivity contribution in [3.63, 3.8) is 0 Å². The fraction of sp³-hybridized carbons (Fsp3) is 0.467. The summed E-state index contributed by atoms with van der Waals surface area (Å²) < 4.78 is 15.8. The monoisotopic (exact) mass is 329 g/mol. The summed E-state index contributed by atoms with van der Waals surface area (Å²) in [6, 6.07) is 9.75. The summed E-state index contributed by atoms with van der Waals surface area (Å²) in [6.07, 6.45) is 0. The van der Waals surface area contributed by atoms with E-state index in [1.54, 1.807) is 7.11 Å². The lowest BCUT2D eigenvalue weighted by Crippen LogP contribution is -2.24. The Morgan fingerprint density at radius 3 is 2.13 bits per heavy atom. The minimum absolute atomic E-state index is 0.585. The third-order valence-electron chi connectivity index (χ3n) is 2.33. The molecule has 23 heavy (non-hydrogen) atoms. The van der Waals surface area contributed by atoms with Crippen molar-refractivity contribution in [2.75, 3.05) is 46.6 Å². The van der Waals surface area contributed by atoms with Gasteiger partial charge in [0.2, 0.25) is 0 Å². The quantitative estimate of drug-likeness (QED) is 0.419. The molecule has 0 aliphatic carbocycles. The minimum atomic E-state index is -1.82. The second-order valence-corrected chi connectivity index (χ2v) is 4.13. The van der Waals surface area contributed by atoms with Gasteiger partial charge in [-0.05, 0) is 12.1 Å². The maximum atomic E-state index is 9.10. The van der Waals surface area contributed by atoms with Gasteiger partial charge in [0, 0.05) is 20.2 Å². The summed E-state index contributed by atoms with van der Waals surface area (Å²) in [4.78, 5) is 18.2. The summed E-state index contributed by atoms with van der Waals surface area (Å²) in [5.41, 5.74) is 0. The van der Waals surface area contributed by atoms with Crippen molar-refractivity contribution in [3.05, 3.63) is 30.3 Å². The number of carboxylic acids is 2. The first-order chi connectivity index (χ1) is 11.1. The molecule has 0 aromatic heterocycles. The van der Waals surface area contributed by atoms with Crippen LogP contribution in [0.2, 0.25) is 0 Å². The average molecular weight is 329 g/mol. The maximum Gasteiger partial charge on any atom is 0.414 e. The number of ether oxygens (including phenoxy) is 3. The minimum Gasteiger partial charge on any atom is -0.491 e. The molecule has 1 aromatic rings. The van der Waals surface area contributed by atoms with E-state index in [4.69, 9.17) is 34.0 Å². The van der Waals surface area contributed by atoms with Gasteiger partial charge in [0.05, 0.1) is 19.8 Å². The molecule has 0 saturated heterocycles. The lowest BCUT2D eigenvalue weighted by molar-refractivity contribution is -0.159. The van der Waals surface area contributed by atoms with Crippen LogP contribution >= 0.6 is 0 Å². The van der Waals surface area contributed by atoms with Crippen LogP contribution in [0.3, 0.4) is 0 Å². The van der Waals surface area contributed by atoms with Crippen LogP contribution in [-0.2, 0) is 19.1 Å². The Kier molecular flexibility index (Phi) is 13.4. The molecule has 1 aromatic carbocycles. The van der Waals surface area contributed by atoms with Gasteiger partial charge in [-0.3, -0.25) is 0 Å². The topological polar surface area (TPSA) is 114 Å². The lowest BCUT2D eigenvalue weighted by atomic mass is 10.3. The third kappa shape index (κ3) is 14.5. The molecule has 0 amide bonds. The molecule has 3 N–H and O–H groups in total. The summed E-state index contributed by atoms with van der Waals surface area (Å²) in [5, 5.41) is 18.0. The van der Waals surface area contributed by atoms with Crippen molar-refractivity contribution >= 4 is 11.9 Å². The Morgan fingerprint density at radius 2 is 1.57 bits per heavy atom. The van der Waals surface area contributed by atoms with Gasteiger partial charge in [0.1, 0.15) is 12.4 Å². The number of benzene rings is 1. The first kappa shape index (κ1) is 20.8. The van der Waals surface area contributed by atoms with E-state index in [-0.39, 0.29) is 0 Å². The summed E-state index contributed by atoms with van der Waals surface area (Å²) in [5.74, 6) is -2.76. The number of aliphatic carboxylic acids is 2. The Labute approximate surface area is 135 Å². The number of rotatable bonds is 10. The Morgan fingerprint density at radius 1 is 0.957 bits per heavy atom. The van der Waals surface area contributed by atoms with E-state index in [9.17, 15) is 0 Å². The third-order valence-corrected chi connectivity index (χ3v) is 2.33. The van der Waals surface area contributed by atoms with Crippen LogP contribution in [0.25, 0.3) is 0 Å². The van der Waals surface area contributed by atoms with Crippen molar-refractivity contribution in [1.29, 1.82) is 0 Å². The first-order valence-electron chi connectivity index (χ1n) is 6.99. The molecule has 0 heterocycles. The summed E-state index contributed by atoms with van der Waals surface area (Å²) in [6.45, 7) is 4.33. The molecular formula is C15H23NO7. The number of carboxylic acid groups (broad SMARTS) is 2. The fourth-order valence-corrected chi connectivity index (χ4v) is 1.28. The van der Waals surface area contributed by atoms with Gasteiger partial charge in [-0.25, -0.2) is 9.59 Å². The van der Waals surface area contributed by atoms with Crippen LogP contribution in [0.4, 0.5) is 0 Å². The van der Waals surface area contributed by atoms with E-state index in [2.05, 4.69) is 5.32 Å². The second-order valence-electron chi connectivity index (χ2n) is 4.13. The van der Waals surface area contributed by atoms with Crippen molar-refractivity contribution in [2.45, 2.75) is 0 Å². The van der Waals surface area contributed by atoms with E-state index in [1.807, 2.05) is 30.3 Å². The number of hydrogen-bond donors (Lipinski definition) is 3. The normalized spacial score (nSPS) is 9.61. The predicted molar refractivity (Wildman–Crippen MR) is 82.8 cm³/mol. The molecule has 0 unspecified atom stereocenters. The van der Waals surface area contributed by atoms with Crippen LogP contribution in [0.1, 0.15) is 0 Å². The molecule has 0 spiro atoms. The highest BCUT2D eigenvalue weighted by molar-refractivity contribution is 6.27. The van der Waals surface area contributed by atoms with Crippen LogP contribution < -0.4 is 10.1 Å². The van der Waals surface area contributed by atoms with Crippen molar-refractivity contribution in [3.8, 4) is 5.75 Å². The highest BCUT2D eigenvalue weighted by Crippen LogP contribution is 2.07. The fourth-order valence-electron chi connectivity index (χ4n) is 1.28. The Bertz CT molecular complexity index is 413. The van der Waals surface area contributed by atoms with E-state index < -0.39 is 11.9 Å². The second kappa shape index (κ2) is 14.8. The molecule has 8 nitrogen and oxygen atoms in total. The van der Waals surface area contributed by atoms with Gasteiger partial charge in [-0.15, -0.1) is 0 Å². The number of nitrogens with one attached hydrogen (secondary N) is 1. The molecule has 130 valence electrons. The standard InChI is InChI=1S/C13H21NO3.C2H2O4/c1-15-9-7-14-8-10-16-11-12-17-13-5-3-2-4-6-13;3-1(4)2(5)6/h2-6,14H,7-12H2,1H3;(H,3,4)(H,5,6). The van der Waals surface area contributed by atoms with Gasteiger partial charge in [0.25, 0.3) is 0 Å². The molecule has 0 aliphatic rings. The van der Waals surface area contributed by atoms with Gasteiger partial charge in [-0.2, -0.15) is 0 Å². The maximum absolute atomic E-state index is 9.10. The largest absolute Gasteiger partial charge is 0.491 e. The highest BCUT2D eigenvalue weighted by atomic mass is 16.5. The van der Waals surface area contributed by atoms with Crippen LogP contribution in [-0.4, -0.2) is 68.8 Å². The lowest BCUT2D eigenvalue weighted by Gasteiger charge is -2.07. The van der Waals surface area contributed by atoms with Crippen LogP contribution in [0, 0.1) is 0 Å². The number of para-hydroxylation sites is 1. The van der Waals surface area contributed by atoms with E-state index >= 15 is 0 Å².